The molecule has 0 saturated carbocycles. The summed E-state index contributed by atoms with van der Waals surface area (Å²) in [4.78, 5) is 11.1. The van der Waals surface area contributed by atoms with Gasteiger partial charge in [-0.15, -0.1) is 0 Å². The fourth-order valence-corrected chi connectivity index (χ4v) is 1.41. The molecule has 4 nitrogen and oxygen atoms in total. The minimum atomic E-state index is -0.360. The monoisotopic (exact) mass is 225 g/mol. The van der Waals surface area contributed by atoms with Gasteiger partial charge in [-0.1, -0.05) is 19.8 Å². The lowest BCUT2D eigenvalue weighted by molar-refractivity contribution is 0.0600. The zero-order chi connectivity index (χ0) is 11.8. The second-order valence-electron chi connectivity index (χ2n) is 3.68. The molecule has 4 heteroatoms. The van der Waals surface area contributed by atoms with Crippen LogP contribution in [0.15, 0.2) is 16.7 Å². The van der Waals surface area contributed by atoms with Crippen LogP contribution in [0, 0.1) is 0 Å². The summed E-state index contributed by atoms with van der Waals surface area (Å²) < 4.78 is 9.82. The Balaban J connectivity index is 2.27. The summed E-state index contributed by atoms with van der Waals surface area (Å²) in [7, 11) is 1.36. The summed E-state index contributed by atoms with van der Waals surface area (Å²) >= 11 is 0. The molecule has 1 heterocycles. The number of hydrogen-bond donors (Lipinski definition) is 1. The zero-order valence-corrected chi connectivity index (χ0v) is 9.91. The third kappa shape index (κ3) is 4.06. The Kier molecular flexibility index (Phi) is 5.64. The van der Waals surface area contributed by atoms with Crippen molar-refractivity contribution in [2.45, 2.75) is 32.7 Å². The number of carbonyl (C=O) groups is 1. The predicted octanol–water partition coefficient (Wildman–Crippen LogP) is 2.35. The van der Waals surface area contributed by atoms with Crippen LogP contribution in [0.2, 0.25) is 0 Å². The average molecular weight is 225 g/mol. The predicted molar refractivity (Wildman–Crippen MR) is 61.3 cm³/mol. The van der Waals surface area contributed by atoms with E-state index < -0.39 is 0 Å². The van der Waals surface area contributed by atoms with E-state index in [1.807, 2.05) is 0 Å². The van der Waals surface area contributed by atoms with Gasteiger partial charge in [-0.25, -0.2) is 4.79 Å². The van der Waals surface area contributed by atoms with Crippen molar-refractivity contribution in [3.8, 4) is 0 Å². The number of rotatable bonds is 7. The molecule has 0 fully saturated rings. The normalized spacial score (nSPS) is 10.4. The summed E-state index contributed by atoms with van der Waals surface area (Å²) in [5, 5.41) is 3.26. The number of nitrogens with one attached hydrogen (secondary N) is 1. The van der Waals surface area contributed by atoms with Crippen LogP contribution in [0.5, 0.6) is 0 Å². The topological polar surface area (TPSA) is 51.5 Å². The van der Waals surface area contributed by atoms with Gasteiger partial charge in [0.15, 0.2) is 0 Å². The average Bonchev–Trinajstić information content (AvgIpc) is 2.76. The number of unbranched alkanes of at least 4 members (excludes halogenated alkanes) is 2. The zero-order valence-electron chi connectivity index (χ0n) is 9.91. The summed E-state index contributed by atoms with van der Waals surface area (Å²) in [5.41, 5.74) is 0.466. The lowest BCUT2D eigenvalue weighted by Crippen LogP contribution is -2.14. The maximum atomic E-state index is 11.1. The van der Waals surface area contributed by atoms with Gasteiger partial charge in [-0.2, -0.15) is 0 Å². The van der Waals surface area contributed by atoms with Gasteiger partial charge in [0, 0.05) is 0 Å². The summed E-state index contributed by atoms with van der Waals surface area (Å²) in [6.45, 7) is 3.80. The third-order valence-electron chi connectivity index (χ3n) is 2.33. The first-order chi connectivity index (χ1) is 7.77. The summed E-state index contributed by atoms with van der Waals surface area (Å²) in [5.74, 6) is 0.401. The molecule has 0 aromatic carbocycles. The van der Waals surface area contributed by atoms with E-state index in [1.54, 1.807) is 6.07 Å². The van der Waals surface area contributed by atoms with Gasteiger partial charge in [0.2, 0.25) is 0 Å². The molecule has 1 N–H and O–H groups in total. The first-order valence-electron chi connectivity index (χ1n) is 5.64. The fourth-order valence-electron chi connectivity index (χ4n) is 1.41. The quantitative estimate of drug-likeness (QED) is 0.571. The van der Waals surface area contributed by atoms with Crippen molar-refractivity contribution < 1.29 is 13.9 Å². The number of furan rings is 1. The smallest absolute Gasteiger partial charge is 0.341 e. The van der Waals surface area contributed by atoms with Gasteiger partial charge in [-0.05, 0) is 19.0 Å². The molecule has 1 aromatic heterocycles. The fraction of sp³-hybridized carbons (Fsp3) is 0.583. The van der Waals surface area contributed by atoms with E-state index in [0.717, 1.165) is 12.3 Å². The van der Waals surface area contributed by atoms with Crippen LogP contribution in [0.25, 0.3) is 0 Å². The maximum Gasteiger partial charge on any atom is 0.341 e. The molecule has 0 saturated heterocycles. The Morgan fingerprint density at radius 3 is 3.00 bits per heavy atom. The van der Waals surface area contributed by atoms with Crippen molar-refractivity contribution in [3.05, 3.63) is 23.7 Å². The summed E-state index contributed by atoms with van der Waals surface area (Å²) in [6.07, 6.45) is 5.05. The molecule has 0 unspecified atom stereocenters. The molecule has 0 aliphatic rings. The van der Waals surface area contributed by atoms with Crippen LogP contribution in [0.1, 0.15) is 42.3 Å². The van der Waals surface area contributed by atoms with Gasteiger partial charge in [0.1, 0.15) is 12.0 Å². The van der Waals surface area contributed by atoms with E-state index in [9.17, 15) is 4.79 Å². The standard InChI is InChI=1S/C12H19NO3/c1-3-4-5-6-13-8-11-7-10(9-16-11)12(14)15-2/h7,9,13H,3-6,8H2,1-2H3. The molecule has 90 valence electrons. The van der Waals surface area contributed by atoms with E-state index in [2.05, 4.69) is 17.0 Å². The highest BCUT2D eigenvalue weighted by Gasteiger charge is 2.09. The van der Waals surface area contributed by atoms with Crippen LogP contribution in [-0.4, -0.2) is 19.6 Å². The van der Waals surface area contributed by atoms with Crippen LogP contribution < -0.4 is 5.32 Å². The number of esters is 1. The molecule has 16 heavy (non-hydrogen) atoms. The highest BCUT2D eigenvalue weighted by molar-refractivity contribution is 5.88. The molecule has 1 aromatic rings. The Morgan fingerprint density at radius 1 is 1.50 bits per heavy atom. The second kappa shape index (κ2) is 7.06. The summed E-state index contributed by atoms with van der Waals surface area (Å²) in [6, 6.07) is 1.71. The Labute approximate surface area is 96.0 Å². The lowest BCUT2D eigenvalue weighted by Gasteiger charge is -2.00. The van der Waals surface area contributed by atoms with Gasteiger partial charge < -0.3 is 14.5 Å². The second-order valence-corrected chi connectivity index (χ2v) is 3.68. The third-order valence-corrected chi connectivity index (χ3v) is 2.33. The lowest BCUT2D eigenvalue weighted by atomic mass is 10.2. The minimum Gasteiger partial charge on any atom is -0.467 e. The first kappa shape index (κ1) is 12.8. The van der Waals surface area contributed by atoms with Crippen molar-refractivity contribution in [2.24, 2.45) is 0 Å². The molecule has 0 atom stereocenters. The SMILES string of the molecule is CCCCCNCc1cc(C(=O)OC)co1. The number of carbonyl (C=O) groups excluding carboxylic acids is 1. The van der Waals surface area contributed by atoms with Crippen molar-refractivity contribution in [1.82, 2.24) is 5.32 Å². The molecule has 0 bridgehead atoms. The van der Waals surface area contributed by atoms with Gasteiger partial charge in [0.25, 0.3) is 0 Å². The van der Waals surface area contributed by atoms with Crippen LogP contribution in [0.3, 0.4) is 0 Å². The van der Waals surface area contributed by atoms with Crippen molar-refractivity contribution >= 4 is 5.97 Å². The molecule has 0 radical (unpaired) electrons. The molecule has 0 aliphatic heterocycles. The molecular formula is C12H19NO3. The highest BCUT2D eigenvalue weighted by atomic mass is 16.5. The van der Waals surface area contributed by atoms with Crippen LogP contribution in [-0.2, 0) is 11.3 Å². The molecular weight excluding hydrogens is 206 g/mol. The van der Waals surface area contributed by atoms with Gasteiger partial charge >= 0.3 is 5.97 Å². The number of ether oxygens (including phenoxy) is 1. The van der Waals surface area contributed by atoms with Crippen LogP contribution in [0.4, 0.5) is 0 Å². The molecule has 0 amide bonds. The van der Waals surface area contributed by atoms with Gasteiger partial charge in [-0.3, -0.25) is 0 Å². The Morgan fingerprint density at radius 2 is 2.31 bits per heavy atom. The first-order valence-corrected chi connectivity index (χ1v) is 5.64. The molecule has 0 aliphatic carbocycles. The van der Waals surface area contributed by atoms with Crippen molar-refractivity contribution in [2.75, 3.05) is 13.7 Å². The van der Waals surface area contributed by atoms with Crippen molar-refractivity contribution in [3.63, 3.8) is 0 Å². The van der Waals surface area contributed by atoms with E-state index >= 15 is 0 Å². The van der Waals surface area contributed by atoms with E-state index in [1.165, 1.54) is 32.6 Å². The van der Waals surface area contributed by atoms with Crippen molar-refractivity contribution in [1.29, 1.82) is 0 Å². The molecule has 1 rings (SSSR count). The number of hydrogen-bond acceptors (Lipinski definition) is 4. The Bertz CT molecular complexity index is 320. The van der Waals surface area contributed by atoms with Gasteiger partial charge in [0.05, 0.1) is 19.2 Å². The molecule has 0 spiro atoms. The van der Waals surface area contributed by atoms with E-state index in [4.69, 9.17) is 4.42 Å². The Hall–Kier alpha value is -1.29. The minimum absolute atomic E-state index is 0.360. The maximum absolute atomic E-state index is 11.1. The van der Waals surface area contributed by atoms with E-state index in [-0.39, 0.29) is 5.97 Å². The van der Waals surface area contributed by atoms with E-state index in [0.29, 0.717) is 12.1 Å². The highest BCUT2D eigenvalue weighted by Crippen LogP contribution is 2.08. The van der Waals surface area contributed by atoms with Crippen LogP contribution >= 0.6 is 0 Å². The largest absolute Gasteiger partial charge is 0.467 e. The number of methoxy groups -OCH3 is 1.